The Balaban J connectivity index is 1.71. The van der Waals surface area contributed by atoms with Crippen LogP contribution in [0.3, 0.4) is 0 Å². The molecule has 0 aromatic heterocycles. The lowest BCUT2D eigenvalue weighted by molar-refractivity contribution is 0.00997. The van der Waals surface area contributed by atoms with Crippen molar-refractivity contribution in [2.24, 2.45) is 11.7 Å². The van der Waals surface area contributed by atoms with E-state index in [0.29, 0.717) is 6.79 Å². The minimum Gasteiger partial charge on any atom is -0.468 e. The lowest BCUT2D eigenvalue weighted by Gasteiger charge is -2.09. The molecule has 0 saturated heterocycles. The van der Waals surface area contributed by atoms with Crippen LogP contribution in [0.15, 0.2) is 24.3 Å². The summed E-state index contributed by atoms with van der Waals surface area (Å²) in [6, 6.07) is 7.90. The van der Waals surface area contributed by atoms with Crippen molar-refractivity contribution >= 4 is 0 Å². The van der Waals surface area contributed by atoms with Gasteiger partial charge < -0.3 is 15.2 Å². The van der Waals surface area contributed by atoms with Gasteiger partial charge in [0, 0.05) is 6.04 Å². The molecule has 1 aromatic rings. The van der Waals surface area contributed by atoms with Gasteiger partial charge >= 0.3 is 0 Å². The first-order chi connectivity index (χ1) is 7.75. The van der Waals surface area contributed by atoms with Gasteiger partial charge in [0.15, 0.2) is 6.79 Å². The highest BCUT2D eigenvalue weighted by Gasteiger charge is 2.20. The summed E-state index contributed by atoms with van der Waals surface area (Å²) in [5.41, 5.74) is 6.88. The SMILES string of the molecule is CC(N)c1ccc(OCOCC2CC2)cc1. The lowest BCUT2D eigenvalue weighted by atomic mass is 10.1. The van der Waals surface area contributed by atoms with Crippen LogP contribution in [0, 0.1) is 5.92 Å². The zero-order chi connectivity index (χ0) is 11.4. The standard InChI is InChI=1S/C13H19NO2/c1-10(14)12-4-6-13(7-5-12)16-9-15-8-11-2-3-11/h4-7,10-11H,2-3,8-9,14H2,1H3. The molecule has 88 valence electrons. The molecule has 1 fully saturated rings. The molecule has 1 aliphatic carbocycles. The van der Waals surface area contributed by atoms with E-state index in [1.807, 2.05) is 31.2 Å². The molecule has 1 atom stereocenters. The highest BCUT2D eigenvalue weighted by Crippen LogP contribution is 2.28. The zero-order valence-corrected chi connectivity index (χ0v) is 9.69. The molecule has 0 radical (unpaired) electrons. The van der Waals surface area contributed by atoms with Crippen LogP contribution in [0.4, 0.5) is 0 Å². The first-order valence-corrected chi connectivity index (χ1v) is 5.82. The highest BCUT2D eigenvalue weighted by molar-refractivity contribution is 5.28. The Morgan fingerprint density at radius 1 is 1.31 bits per heavy atom. The summed E-state index contributed by atoms with van der Waals surface area (Å²) in [6.07, 6.45) is 2.62. The number of benzene rings is 1. The fraction of sp³-hybridized carbons (Fsp3) is 0.538. The van der Waals surface area contributed by atoms with Crippen molar-refractivity contribution in [3.8, 4) is 5.75 Å². The zero-order valence-electron chi connectivity index (χ0n) is 9.69. The molecule has 0 heterocycles. The molecule has 3 nitrogen and oxygen atoms in total. The number of hydrogen-bond donors (Lipinski definition) is 1. The molecule has 1 unspecified atom stereocenters. The molecule has 0 aliphatic heterocycles. The van der Waals surface area contributed by atoms with Crippen molar-refractivity contribution in [3.63, 3.8) is 0 Å². The van der Waals surface area contributed by atoms with Crippen LogP contribution >= 0.6 is 0 Å². The number of hydrogen-bond acceptors (Lipinski definition) is 3. The molecule has 2 N–H and O–H groups in total. The Hall–Kier alpha value is -1.06. The van der Waals surface area contributed by atoms with E-state index in [0.717, 1.165) is 23.8 Å². The van der Waals surface area contributed by atoms with Crippen LogP contribution < -0.4 is 10.5 Å². The summed E-state index contributed by atoms with van der Waals surface area (Å²) in [7, 11) is 0. The van der Waals surface area contributed by atoms with Gasteiger partial charge in [0.1, 0.15) is 5.75 Å². The average Bonchev–Trinajstić information content (AvgIpc) is 3.09. The van der Waals surface area contributed by atoms with Gasteiger partial charge in [-0.25, -0.2) is 0 Å². The molecule has 3 heteroatoms. The fourth-order valence-electron chi connectivity index (χ4n) is 1.48. The normalized spacial score (nSPS) is 17.1. The second-order valence-electron chi connectivity index (χ2n) is 4.43. The van der Waals surface area contributed by atoms with Crippen LogP contribution in [0.2, 0.25) is 0 Å². The summed E-state index contributed by atoms with van der Waals surface area (Å²) in [4.78, 5) is 0. The van der Waals surface area contributed by atoms with E-state index < -0.39 is 0 Å². The van der Waals surface area contributed by atoms with Crippen LogP contribution in [0.25, 0.3) is 0 Å². The third-order valence-electron chi connectivity index (χ3n) is 2.77. The Kier molecular flexibility index (Phi) is 3.80. The summed E-state index contributed by atoms with van der Waals surface area (Å²) in [6.45, 7) is 3.14. The molecule has 0 amide bonds. The largest absolute Gasteiger partial charge is 0.468 e. The predicted molar refractivity (Wildman–Crippen MR) is 63.2 cm³/mol. The second kappa shape index (κ2) is 5.32. The first kappa shape index (κ1) is 11.4. The maximum atomic E-state index is 5.76. The van der Waals surface area contributed by atoms with Crippen molar-refractivity contribution in [1.82, 2.24) is 0 Å². The van der Waals surface area contributed by atoms with Crippen LogP contribution in [-0.4, -0.2) is 13.4 Å². The highest BCUT2D eigenvalue weighted by atomic mass is 16.7. The molecule has 0 bridgehead atoms. The van der Waals surface area contributed by atoms with Crippen molar-refractivity contribution in [2.75, 3.05) is 13.4 Å². The average molecular weight is 221 g/mol. The number of rotatable bonds is 6. The minimum atomic E-state index is 0.0696. The second-order valence-corrected chi connectivity index (χ2v) is 4.43. The van der Waals surface area contributed by atoms with Crippen molar-refractivity contribution in [2.45, 2.75) is 25.8 Å². The van der Waals surface area contributed by atoms with Gasteiger partial charge in [0.05, 0.1) is 6.61 Å². The summed E-state index contributed by atoms with van der Waals surface area (Å²) >= 11 is 0. The Labute approximate surface area is 96.5 Å². The van der Waals surface area contributed by atoms with Gasteiger partial charge in [0.25, 0.3) is 0 Å². The molecule has 1 aliphatic rings. The Morgan fingerprint density at radius 3 is 2.56 bits per heavy atom. The van der Waals surface area contributed by atoms with Crippen LogP contribution in [0.5, 0.6) is 5.75 Å². The van der Waals surface area contributed by atoms with Gasteiger partial charge in [-0.15, -0.1) is 0 Å². The molecule has 0 spiro atoms. The fourth-order valence-corrected chi connectivity index (χ4v) is 1.48. The van der Waals surface area contributed by atoms with E-state index in [1.165, 1.54) is 12.8 Å². The van der Waals surface area contributed by atoms with Crippen molar-refractivity contribution < 1.29 is 9.47 Å². The quantitative estimate of drug-likeness (QED) is 0.593. The summed E-state index contributed by atoms with van der Waals surface area (Å²) in [5.74, 6) is 1.62. The van der Waals surface area contributed by atoms with E-state index in [2.05, 4.69) is 0 Å². The van der Waals surface area contributed by atoms with Crippen LogP contribution in [-0.2, 0) is 4.74 Å². The maximum Gasteiger partial charge on any atom is 0.189 e. The van der Waals surface area contributed by atoms with E-state index in [1.54, 1.807) is 0 Å². The van der Waals surface area contributed by atoms with Gasteiger partial charge in [0.2, 0.25) is 0 Å². The summed E-state index contributed by atoms with van der Waals surface area (Å²) < 4.78 is 10.8. The first-order valence-electron chi connectivity index (χ1n) is 5.82. The van der Waals surface area contributed by atoms with Crippen molar-refractivity contribution in [3.05, 3.63) is 29.8 Å². The van der Waals surface area contributed by atoms with Gasteiger partial charge in [-0.05, 0) is 43.4 Å². The minimum absolute atomic E-state index is 0.0696. The lowest BCUT2D eigenvalue weighted by Crippen LogP contribution is -2.06. The maximum absolute atomic E-state index is 5.76. The molecule has 1 aromatic carbocycles. The van der Waals surface area contributed by atoms with E-state index in [4.69, 9.17) is 15.2 Å². The number of nitrogens with two attached hydrogens (primary N) is 1. The molecular formula is C13H19NO2. The predicted octanol–water partition coefficient (Wildman–Crippen LogP) is 2.47. The topological polar surface area (TPSA) is 44.5 Å². The third kappa shape index (κ3) is 3.51. The number of ether oxygens (including phenoxy) is 2. The molecule has 2 rings (SSSR count). The van der Waals surface area contributed by atoms with Gasteiger partial charge in [-0.2, -0.15) is 0 Å². The third-order valence-corrected chi connectivity index (χ3v) is 2.77. The Morgan fingerprint density at radius 2 is 2.00 bits per heavy atom. The monoisotopic (exact) mass is 221 g/mol. The van der Waals surface area contributed by atoms with Gasteiger partial charge in [-0.3, -0.25) is 0 Å². The van der Waals surface area contributed by atoms with E-state index in [-0.39, 0.29) is 6.04 Å². The smallest absolute Gasteiger partial charge is 0.189 e. The van der Waals surface area contributed by atoms with Crippen molar-refractivity contribution in [1.29, 1.82) is 0 Å². The molecule has 16 heavy (non-hydrogen) atoms. The van der Waals surface area contributed by atoms with Crippen LogP contribution in [0.1, 0.15) is 31.4 Å². The molecule has 1 saturated carbocycles. The van der Waals surface area contributed by atoms with Gasteiger partial charge in [-0.1, -0.05) is 12.1 Å². The summed E-state index contributed by atoms with van der Waals surface area (Å²) in [5, 5.41) is 0. The molecular weight excluding hydrogens is 202 g/mol. The van der Waals surface area contributed by atoms with E-state index in [9.17, 15) is 0 Å². The van der Waals surface area contributed by atoms with E-state index >= 15 is 0 Å². The Bertz CT molecular complexity index is 317.